The van der Waals surface area contributed by atoms with Crippen LogP contribution in [-0.2, 0) is 4.74 Å². The molecule has 0 aliphatic carbocycles. The highest BCUT2D eigenvalue weighted by atomic mass is 16.5. The van der Waals surface area contributed by atoms with Crippen LogP contribution in [0.2, 0.25) is 0 Å². The summed E-state index contributed by atoms with van der Waals surface area (Å²) in [6.07, 6.45) is 3.10. The van der Waals surface area contributed by atoms with Gasteiger partial charge in [-0.3, -0.25) is 0 Å². The maximum absolute atomic E-state index is 10.2. The number of hydrogen-bond donors (Lipinski definition) is 1. The van der Waals surface area contributed by atoms with Crippen LogP contribution in [0.15, 0.2) is 4.42 Å². The molecule has 0 unspecified atom stereocenters. The molecule has 6 heteroatoms. The van der Waals surface area contributed by atoms with Gasteiger partial charge >= 0.3 is 6.01 Å². The smallest absolute Gasteiger partial charge is 0.318 e. The van der Waals surface area contributed by atoms with Gasteiger partial charge in [0, 0.05) is 26.6 Å². The minimum atomic E-state index is -0.343. The summed E-state index contributed by atoms with van der Waals surface area (Å²) >= 11 is 0. The topological polar surface area (TPSA) is 71.6 Å². The van der Waals surface area contributed by atoms with E-state index in [1.165, 1.54) is 0 Å². The summed E-state index contributed by atoms with van der Waals surface area (Å²) in [5, 5.41) is 18.0. The van der Waals surface area contributed by atoms with E-state index in [0.717, 1.165) is 45.4 Å². The van der Waals surface area contributed by atoms with E-state index in [1.807, 2.05) is 0 Å². The van der Waals surface area contributed by atoms with Crippen molar-refractivity contribution in [3.05, 3.63) is 5.89 Å². The summed E-state index contributed by atoms with van der Waals surface area (Å²) in [7, 11) is 0. The van der Waals surface area contributed by atoms with Gasteiger partial charge in [-0.25, -0.2) is 0 Å². The molecule has 6 nitrogen and oxygen atoms in total. The van der Waals surface area contributed by atoms with Crippen molar-refractivity contribution >= 4 is 6.01 Å². The first-order valence-electron chi connectivity index (χ1n) is 6.57. The van der Waals surface area contributed by atoms with E-state index < -0.39 is 0 Å². The molecule has 0 aromatic carbocycles. The standard InChI is InChI=1S/C12H19N3O3/c1-9-13-14-11(18-9)15-6-4-12(5-7-15)10(16)3-2-8-17-12/h10,16H,2-8H2,1H3/t10-/m0/s1. The van der Waals surface area contributed by atoms with Crippen LogP contribution < -0.4 is 4.90 Å². The van der Waals surface area contributed by atoms with Gasteiger partial charge in [-0.1, -0.05) is 5.10 Å². The van der Waals surface area contributed by atoms with Crippen LogP contribution in [0.25, 0.3) is 0 Å². The van der Waals surface area contributed by atoms with Crippen molar-refractivity contribution in [2.75, 3.05) is 24.6 Å². The molecule has 2 aliphatic rings. The van der Waals surface area contributed by atoms with E-state index in [4.69, 9.17) is 9.15 Å². The molecule has 0 radical (unpaired) electrons. The van der Waals surface area contributed by atoms with E-state index in [1.54, 1.807) is 6.92 Å². The molecule has 0 saturated carbocycles. The molecule has 1 aromatic heterocycles. The van der Waals surface area contributed by atoms with Crippen LogP contribution in [0.1, 0.15) is 31.6 Å². The maximum atomic E-state index is 10.2. The van der Waals surface area contributed by atoms with Crippen molar-refractivity contribution in [1.29, 1.82) is 0 Å². The quantitative estimate of drug-likeness (QED) is 0.801. The number of aryl methyl sites for hydroxylation is 1. The van der Waals surface area contributed by atoms with Crippen LogP contribution in [-0.4, -0.2) is 46.7 Å². The third kappa shape index (κ3) is 1.99. The highest BCUT2D eigenvalue weighted by Crippen LogP contribution is 2.36. The molecule has 1 atom stereocenters. The van der Waals surface area contributed by atoms with E-state index in [2.05, 4.69) is 15.1 Å². The Morgan fingerprint density at radius 2 is 2.11 bits per heavy atom. The summed E-state index contributed by atoms with van der Waals surface area (Å²) in [5.41, 5.74) is -0.343. The second-order valence-corrected chi connectivity index (χ2v) is 5.16. The summed E-state index contributed by atoms with van der Waals surface area (Å²) in [5.74, 6) is 0.583. The van der Waals surface area contributed by atoms with Crippen LogP contribution in [0.5, 0.6) is 0 Å². The Bertz CT molecular complexity index is 412. The van der Waals surface area contributed by atoms with Gasteiger partial charge in [0.1, 0.15) is 0 Å². The van der Waals surface area contributed by atoms with Gasteiger partial charge in [0.25, 0.3) is 0 Å². The van der Waals surface area contributed by atoms with Crippen LogP contribution in [0.3, 0.4) is 0 Å². The largest absolute Gasteiger partial charge is 0.408 e. The lowest BCUT2D eigenvalue weighted by atomic mass is 9.82. The van der Waals surface area contributed by atoms with Crippen molar-refractivity contribution in [3.8, 4) is 0 Å². The fraction of sp³-hybridized carbons (Fsp3) is 0.833. The lowest BCUT2D eigenvalue weighted by Crippen LogP contribution is -2.55. The minimum absolute atomic E-state index is 0.335. The molecule has 1 N–H and O–H groups in total. The van der Waals surface area contributed by atoms with E-state index in [-0.39, 0.29) is 11.7 Å². The van der Waals surface area contributed by atoms with Crippen molar-refractivity contribution < 1.29 is 14.3 Å². The highest BCUT2D eigenvalue weighted by molar-refractivity contribution is 5.26. The first-order valence-corrected chi connectivity index (χ1v) is 6.57. The molecular weight excluding hydrogens is 234 g/mol. The summed E-state index contributed by atoms with van der Waals surface area (Å²) < 4.78 is 11.3. The number of hydrogen-bond acceptors (Lipinski definition) is 6. The number of aliphatic hydroxyl groups is 1. The van der Waals surface area contributed by atoms with Crippen molar-refractivity contribution in [2.24, 2.45) is 0 Å². The first kappa shape index (κ1) is 11.9. The van der Waals surface area contributed by atoms with Gasteiger partial charge in [0.2, 0.25) is 5.89 Å². The Hall–Kier alpha value is -1.14. The van der Waals surface area contributed by atoms with Gasteiger partial charge < -0.3 is 19.2 Å². The number of aliphatic hydroxyl groups excluding tert-OH is 1. The van der Waals surface area contributed by atoms with Gasteiger partial charge in [-0.05, 0) is 25.7 Å². The fourth-order valence-electron chi connectivity index (χ4n) is 2.88. The van der Waals surface area contributed by atoms with Crippen LogP contribution in [0.4, 0.5) is 6.01 Å². The van der Waals surface area contributed by atoms with Crippen LogP contribution in [0, 0.1) is 6.92 Å². The van der Waals surface area contributed by atoms with Crippen molar-refractivity contribution in [1.82, 2.24) is 10.2 Å². The molecular formula is C12H19N3O3. The van der Waals surface area contributed by atoms with Gasteiger partial charge in [0.15, 0.2) is 0 Å². The maximum Gasteiger partial charge on any atom is 0.318 e. The van der Waals surface area contributed by atoms with Crippen molar-refractivity contribution in [3.63, 3.8) is 0 Å². The third-order valence-electron chi connectivity index (χ3n) is 4.01. The number of piperidine rings is 1. The molecule has 3 rings (SSSR count). The minimum Gasteiger partial charge on any atom is -0.408 e. The number of ether oxygens (including phenoxy) is 1. The number of anilines is 1. The molecule has 3 heterocycles. The Morgan fingerprint density at radius 3 is 2.72 bits per heavy atom. The second-order valence-electron chi connectivity index (χ2n) is 5.16. The number of nitrogens with zero attached hydrogens (tertiary/aromatic N) is 3. The lowest BCUT2D eigenvalue weighted by molar-refractivity contribution is -0.164. The van der Waals surface area contributed by atoms with Crippen LogP contribution >= 0.6 is 0 Å². The zero-order valence-electron chi connectivity index (χ0n) is 10.6. The summed E-state index contributed by atoms with van der Waals surface area (Å²) in [6, 6.07) is 0.577. The Balaban J connectivity index is 1.67. The normalized spacial score (nSPS) is 27.7. The highest BCUT2D eigenvalue weighted by Gasteiger charge is 2.44. The number of aromatic nitrogens is 2. The second kappa shape index (κ2) is 4.51. The zero-order chi connectivity index (χ0) is 12.6. The average molecular weight is 253 g/mol. The van der Waals surface area contributed by atoms with E-state index in [0.29, 0.717) is 11.9 Å². The van der Waals surface area contributed by atoms with E-state index in [9.17, 15) is 5.11 Å². The summed E-state index contributed by atoms with van der Waals surface area (Å²) in [4.78, 5) is 2.07. The molecule has 2 fully saturated rings. The van der Waals surface area contributed by atoms with Gasteiger partial charge in [-0.2, -0.15) is 0 Å². The summed E-state index contributed by atoms with van der Waals surface area (Å²) in [6.45, 7) is 4.13. The predicted molar refractivity (Wildman–Crippen MR) is 64.4 cm³/mol. The monoisotopic (exact) mass is 253 g/mol. The van der Waals surface area contributed by atoms with E-state index >= 15 is 0 Å². The molecule has 100 valence electrons. The molecule has 1 aromatic rings. The van der Waals surface area contributed by atoms with Gasteiger partial charge in [0.05, 0.1) is 11.7 Å². The Kier molecular flexibility index (Phi) is 2.99. The molecule has 0 amide bonds. The van der Waals surface area contributed by atoms with Gasteiger partial charge in [-0.15, -0.1) is 5.10 Å². The number of rotatable bonds is 1. The Morgan fingerprint density at radius 1 is 1.33 bits per heavy atom. The molecule has 2 aliphatic heterocycles. The molecule has 0 bridgehead atoms. The van der Waals surface area contributed by atoms with Crippen molar-refractivity contribution in [2.45, 2.75) is 44.3 Å². The predicted octanol–water partition coefficient (Wildman–Crippen LogP) is 0.888. The molecule has 1 spiro atoms. The fourth-order valence-corrected chi connectivity index (χ4v) is 2.88. The average Bonchev–Trinajstić information content (AvgIpc) is 2.81. The SMILES string of the molecule is Cc1nnc(N2CCC3(CC2)OCCC[C@@H]3O)o1. The lowest BCUT2D eigenvalue weighted by Gasteiger charge is -2.46. The third-order valence-corrected chi connectivity index (χ3v) is 4.01. The molecule has 2 saturated heterocycles. The first-order chi connectivity index (χ1) is 8.70. The molecule has 18 heavy (non-hydrogen) atoms. The Labute approximate surface area is 106 Å². The zero-order valence-corrected chi connectivity index (χ0v) is 10.6.